The minimum Gasteiger partial charge on any atom is -0.353 e. The van der Waals surface area contributed by atoms with Crippen LogP contribution in [0, 0.1) is 0 Å². The van der Waals surface area contributed by atoms with E-state index in [4.69, 9.17) is 11.6 Å². The SMILES string of the molecule is O=C(CCl)NCCNC(=O)c1ccncc1. The van der Waals surface area contributed by atoms with Crippen LogP contribution in [-0.2, 0) is 4.79 Å². The van der Waals surface area contributed by atoms with Crippen LogP contribution in [0.3, 0.4) is 0 Å². The molecule has 86 valence electrons. The summed E-state index contributed by atoms with van der Waals surface area (Å²) < 4.78 is 0. The molecule has 0 aliphatic heterocycles. The van der Waals surface area contributed by atoms with E-state index in [0.717, 1.165) is 0 Å². The Hall–Kier alpha value is -1.62. The first-order valence-electron chi connectivity index (χ1n) is 4.75. The van der Waals surface area contributed by atoms with Crippen LogP contribution in [0.5, 0.6) is 0 Å². The second-order valence-electron chi connectivity index (χ2n) is 2.98. The molecule has 2 N–H and O–H groups in total. The molecule has 1 aromatic rings. The molecule has 1 heterocycles. The van der Waals surface area contributed by atoms with Gasteiger partial charge in [0, 0.05) is 31.0 Å². The first-order valence-corrected chi connectivity index (χ1v) is 5.28. The Kier molecular flexibility index (Phi) is 5.28. The highest BCUT2D eigenvalue weighted by molar-refractivity contribution is 6.27. The van der Waals surface area contributed by atoms with Crippen molar-refractivity contribution in [1.29, 1.82) is 0 Å². The lowest BCUT2D eigenvalue weighted by Crippen LogP contribution is -2.35. The molecule has 0 aliphatic rings. The van der Waals surface area contributed by atoms with Crippen molar-refractivity contribution in [3.8, 4) is 0 Å². The average Bonchev–Trinajstić information content (AvgIpc) is 2.35. The van der Waals surface area contributed by atoms with Gasteiger partial charge < -0.3 is 10.6 Å². The normalized spacial score (nSPS) is 9.56. The summed E-state index contributed by atoms with van der Waals surface area (Å²) in [5, 5.41) is 5.20. The number of carbonyl (C=O) groups is 2. The molecule has 0 saturated carbocycles. The van der Waals surface area contributed by atoms with Crippen LogP contribution < -0.4 is 10.6 Å². The Balaban J connectivity index is 2.24. The van der Waals surface area contributed by atoms with E-state index in [0.29, 0.717) is 18.7 Å². The molecule has 0 aromatic carbocycles. The highest BCUT2D eigenvalue weighted by Gasteiger charge is 2.03. The number of hydrogen-bond donors (Lipinski definition) is 2. The van der Waals surface area contributed by atoms with E-state index < -0.39 is 0 Å². The number of hydrogen-bond acceptors (Lipinski definition) is 3. The molecule has 0 radical (unpaired) electrons. The Labute approximate surface area is 98.2 Å². The Morgan fingerprint density at radius 3 is 2.44 bits per heavy atom. The van der Waals surface area contributed by atoms with Crippen LogP contribution in [0.1, 0.15) is 10.4 Å². The smallest absolute Gasteiger partial charge is 0.251 e. The molecule has 0 unspecified atom stereocenters. The molecule has 1 rings (SSSR count). The van der Waals surface area contributed by atoms with Crippen molar-refractivity contribution >= 4 is 23.4 Å². The summed E-state index contributed by atoms with van der Waals surface area (Å²) in [5.74, 6) is -0.513. The standard InChI is InChI=1S/C10H12ClN3O2/c11-7-9(15)13-5-6-14-10(16)8-1-3-12-4-2-8/h1-4H,5-7H2,(H,13,15)(H,14,16). The van der Waals surface area contributed by atoms with Gasteiger partial charge in [-0.15, -0.1) is 11.6 Å². The van der Waals surface area contributed by atoms with E-state index in [1.807, 2.05) is 0 Å². The topological polar surface area (TPSA) is 71.1 Å². The molecule has 2 amide bonds. The van der Waals surface area contributed by atoms with Crippen LogP contribution in [0.25, 0.3) is 0 Å². The minimum atomic E-state index is -0.250. The summed E-state index contributed by atoms with van der Waals surface area (Å²) in [6.07, 6.45) is 3.09. The van der Waals surface area contributed by atoms with Gasteiger partial charge in [-0.3, -0.25) is 14.6 Å². The lowest BCUT2D eigenvalue weighted by atomic mass is 10.2. The number of rotatable bonds is 5. The lowest BCUT2D eigenvalue weighted by molar-refractivity contribution is -0.118. The summed E-state index contributed by atoms with van der Waals surface area (Å²) >= 11 is 5.28. The minimum absolute atomic E-state index is 0.0711. The number of nitrogens with zero attached hydrogens (tertiary/aromatic N) is 1. The Morgan fingerprint density at radius 2 is 1.81 bits per heavy atom. The molecule has 16 heavy (non-hydrogen) atoms. The maximum absolute atomic E-state index is 11.5. The van der Waals surface area contributed by atoms with E-state index in [-0.39, 0.29) is 17.7 Å². The summed E-state index contributed by atoms with van der Waals surface area (Å²) in [6.45, 7) is 0.728. The van der Waals surface area contributed by atoms with Gasteiger partial charge in [0.15, 0.2) is 0 Å². The lowest BCUT2D eigenvalue weighted by Gasteiger charge is -2.05. The van der Waals surface area contributed by atoms with Crippen molar-refractivity contribution < 1.29 is 9.59 Å². The molecule has 0 aliphatic carbocycles. The van der Waals surface area contributed by atoms with Gasteiger partial charge in [0.05, 0.1) is 0 Å². The van der Waals surface area contributed by atoms with E-state index in [2.05, 4.69) is 15.6 Å². The average molecular weight is 242 g/mol. The summed E-state index contributed by atoms with van der Waals surface area (Å²) in [7, 11) is 0. The van der Waals surface area contributed by atoms with Gasteiger partial charge >= 0.3 is 0 Å². The van der Waals surface area contributed by atoms with Crippen LogP contribution >= 0.6 is 11.6 Å². The van der Waals surface area contributed by atoms with Crippen molar-refractivity contribution in [3.63, 3.8) is 0 Å². The van der Waals surface area contributed by atoms with Crippen LogP contribution in [0.2, 0.25) is 0 Å². The molecule has 0 fully saturated rings. The molecule has 0 saturated heterocycles. The van der Waals surface area contributed by atoms with E-state index >= 15 is 0 Å². The predicted molar refractivity (Wildman–Crippen MR) is 60.3 cm³/mol. The number of aromatic nitrogens is 1. The summed E-state index contributed by atoms with van der Waals surface area (Å²) in [5.41, 5.74) is 0.540. The highest BCUT2D eigenvalue weighted by Crippen LogP contribution is 1.94. The number of halogens is 1. The van der Waals surface area contributed by atoms with Crippen molar-refractivity contribution in [3.05, 3.63) is 30.1 Å². The van der Waals surface area contributed by atoms with Gasteiger partial charge in [-0.05, 0) is 12.1 Å². The number of pyridine rings is 1. The maximum Gasteiger partial charge on any atom is 0.251 e. The number of carbonyl (C=O) groups excluding carboxylic acids is 2. The van der Waals surface area contributed by atoms with Gasteiger partial charge in [0.1, 0.15) is 5.88 Å². The van der Waals surface area contributed by atoms with Crippen LogP contribution in [0.15, 0.2) is 24.5 Å². The fraction of sp³-hybridized carbons (Fsp3) is 0.300. The van der Waals surface area contributed by atoms with Crippen molar-refractivity contribution in [1.82, 2.24) is 15.6 Å². The molecule has 0 bridgehead atoms. The zero-order chi connectivity index (χ0) is 11.8. The third kappa shape index (κ3) is 4.27. The summed E-state index contributed by atoms with van der Waals surface area (Å²) in [6, 6.07) is 3.24. The fourth-order valence-corrected chi connectivity index (χ4v) is 1.13. The molecule has 1 aromatic heterocycles. The van der Waals surface area contributed by atoms with Crippen LogP contribution in [-0.4, -0.2) is 35.8 Å². The molecular weight excluding hydrogens is 230 g/mol. The Morgan fingerprint density at radius 1 is 1.19 bits per heavy atom. The molecule has 0 atom stereocenters. The van der Waals surface area contributed by atoms with Crippen molar-refractivity contribution in [2.45, 2.75) is 0 Å². The molecule has 0 spiro atoms. The molecular formula is C10H12ClN3O2. The Bertz CT molecular complexity index is 356. The van der Waals surface area contributed by atoms with Crippen molar-refractivity contribution in [2.24, 2.45) is 0 Å². The molecule has 5 nitrogen and oxygen atoms in total. The van der Waals surface area contributed by atoms with Gasteiger partial charge in [0.2, 0.25) is 5.91 Å². The van der Waals surface area contributed by atoms with E-state index in [1.165, 1.54) is 0 Å². The zero-order valence-corrected chi connectivity index (χ0v) is 9.33. The zero-order valence-electron chi connectivity index (χ0n) is 8.57. The number of alkyl halides is 1. The second-order valence-corrected chi connectivity index (χ2v) is 3.24. The fourth-order valence-electron chi connectivity index (χ4n) is 1.03. The van der Waals surface area contributed by atoms with Crippen molar-refractivity contribution in [2.75, 3.05) is 19.0 Å². The highest BCUT2D eigenvalue weighted by atomic mass is 35.5. The quantitative estimate of drug-likeness (QED) is 0.570. The third-order valence-electron chi connectivity index (χ3n) is 1.80. The number of amides is 2. The summed E-state index contributed by atoms with van der Waals surface area (Å²) in [4.78, 5) is 26.1. The van der Waals surface area contributed by atoms with Gasteiger partial charge in [-0.2, -0.15) is 0 Å². The van der Waals surface area contributed by atoms with Gasteiger partial charge in [-0.25, -0.2) is 0 Å². The predicted octanol–water partition coefficient (Wildman–Crippen LogP) is 0.166. The third-order valence-corrected chi connectivity index (χ3v) is 2.04. The second kappa shape index (κ2) is 6.79. The van der Waals surface area contributed by atoms with E-state index in [1.54, 1.807) is 24.5 Å². The largest absolute Gasteiger partial charge is 0.353 e. The first-order chi connectivity index (χ1) is 7.74. The first kappa shape index (κ1) is 12.4. The van der Waals surface area contributed by atoms with Gasteiger partial charge in [-0.1, -0.05) is 0 Å². The van der Waals surface area contributed by atoms with Gasteiger partial charge in [0.25, 0.3) is 5.91 Å². The van der Waals surface area contributed by atoms with Crippen LogP contribution in [0.4, 0.5) is 0 Å². The molecule has 6 heteroatoms. The monoisotopic (exact) mass is 241 g/mol. The number of nitrogens with one attached hydrogen (secondary N) is 2. The maximum atomic E-state index is 11.5. The van der Waals surface area contributed by atoms with E-state index in [9.17, 15) is 9.59 Å².